The number of hydrogen-bond acceptors (Lipinski definition) is 1. The van der Waals surface area contributed by atoms with Gasteiger partial charge in [0.1, 0.15) is 0 Å². The van der Waals surface area contributed by atoms with E-state index in [9.17, 15) is 0 Å². The summed E-state index contributed by atoms with van der Waals surface area (Å²) >= 11 is 3.58. The molecule has 0 amide bonds. The maximum absolute atomic E-state index is 3.58. The average molecular weight is 281 g/mol. The molecule has 1 saturated heterocycles. The summed E-state index contributed by atoms with van der Waals surface area (Å²) in [6.45, 7) is 2.42. The number of hydrogen-bond donors (Lipinski definition) is 1. The van der Waals surface area contributed by atoms with E-state index in [0.29, 0.717) is 0 Å². The summed E-state index contributed by atoms with van der Waals surface area (Å²) < 4.78 is 1.21. The SMILES string of the molecule is Brc1ccccc1[CH]CCC1CCNCC1. The maximum atomic E-state index is 3.58. The minimum atomic E-state index is 0.931. The second-order valence-corrected chi connectivity index (χ2v) is 5.35. The average Bonchev–Trinajstić information content (AvgIpc) is 2.33. The molecule has 0 spiro atoms. The van der Waals surface area contributed by atoms with Gasteiger partial charge in [0, 0.05) is 4.47 Å². The third-order valence-electron chi connectivity index (χ3n) is 3.30. The molecule has 1 aromatic carbocycles. The van der Waals surface area contributed by atoms with Crippen molar-refractivity contribution in [1.82, 2.24) is 5.32 Å². The van der Waals surface area contributed by atoms with Crippen LogP contribution in [0.2, 0.25) is 0 Å². The standard InChI is InChI=1S/C14H19BrN/c15-14-7-2-1-5-13(14)6-3-4-12-8-10-16-11-9-12/h1-2,5-7,12,16H,3-4,8-11H2. The molecule has 1 aliphatic rings. The Hall–Kier alpha value is -0.340. The van der Waals surface area contributed by atoms with Crippen molar-refractivity contribution in [2.75, 3.05) is 13.1 Å². The maximum Gasteiger partial charge on any atom is 0.0210 e. The van der Waals surface area contributed by atoms with Crippen LogP contribution in [0.1, 0.15) is 31.2 Å². The lowest BCUT2D eigenvalue weighted by molar-refractivity contribution is 0.354. The minimum Gasteiger partial charge on any atom is -0.317 e. The molecule has 16 heavy (non-hydrogen) atoms. The summed E-state index contributed by atoms with van der Waals surface area (Å²) in [5.74, 6) is 0.931. The quantitative estimate of drug-likeness (QED) is 0.885. The molecule has 1 nitrogen and oxygen atoms in total. The van der Waals surface area contributed by atoms with Crippen LogP contribution in [0.3, 0.4) is 0 Å². The monoisotopic (exact) mass is 280 g/mol. The van der Waals surface area contributed by atoms with Gasteiger partial charge >= 0.3 is 0 Å². The van der Waals surface area contributed by atoms with Crippen LogP contribution in [0.4, 0.5) is 0 Å². The Balaban J connectivity index is 1.73. The summed E-state index contributed by atoms with van der Waals surface area (Å²) in [6.07, 6.45) is 7.59. The van der Waals surface area contributed by atoms with Crippen LogP contribution in [0.15, 0.2) is 28.7 Å². The topological polar surface area (TPSA) is 12.0 Å². The van der Waals surface area contributed by atoms with Crippen molar-refractivity contribution < 1.29 is 0 Å². The largest absolute Gasteiger partial charge is 0.317 e. The first-order chi connectivity index (χ1) is 7.86. The molecule has 1 aliphatic heterocycles. The number of halogens is 1. The van der Waals surface area contributed by atoms with E-state index in [-0.39, 0.29) is 0 Å². The van der Waals surface area contributed by atoms with E-state index in [1.165, 1.54) is 48.8 Å². The molecule has 0 bridgehead atoms. The summed E-state index contributed by atoms with van der Waals surface area (Å²) in [6, 6.07) is 8.44. The van der Waals surface area contributed by atoms with Gasteiger partial charge in [0.25, 0.3) is 0 Å². The van der Waals surface area contributed by atoms with Crippen molar-refractivity contribution in [3.63, 3.8) is 0 Å². The van der Waals surface area contributed by atoms with Gasteiger partial charge in [-0.1, -0.05) is 34.1 Å². The predicted molar refractivity (Wildman–Crippen MR) is 72.4 cm³/mol. The van der Waals surface area contributed by atoms with Crippen molar-refractivity contribution in [3.05, 3.63) is 40.7 Å². The number of piperidine rings is 1. The van der Waals surface area contributed by atoms with E-state index in [4.69, 9.17) is 0 Å². The van der Waals surface area contributed by atoms with Gasteiger partial charge < -0.3 is 5.32 Å². The van der Waals surface area contributed by atoms with E-state index in [2.05, 4.69) is 51.9 Å². The molecule has 1 fully saturated rings. The molecule has 2 heteroatoms. The molecule has 0 aliphatic carbocycles. The molecule has 2 rings (SSSR count). The van der Waals surface area contributed by atoms with Crippen molar-refractivity contribution in [1.29, 1.82) is 0 Å². The highest BCUT2D eigenvalue weighted by Gasteiger charge is 2.12. The Kier molecular flexibility index (Phi) is 4.86. The fourth-order valence-corrected chi connectivity index (χ4v) is 2.73. The Bertz CT molecular complexity index is 318. The van der Waals surface area contributed by atoms with Gasteiger partial charge in [-0.2, -0.15) is 0 Å². The van der Waals surface area contributed by atoms with Gasteiger partial charge in [-0.3, -0.25) is 0 Å². The van der Waals surface area contributed by atoms with Gasteiger partial charge in [0.05, 0.1) is 0 Å². The molecular formula is C14H19BrN. The van der Waals surface area contributed by atoms with Crippen LogP contribution in [-0.4, -0.2) is 13.1 Å². The van der Waals surface area contributed by atoms with E-state index in [0.717, 1.165) is 5.92 Å². The summed E-state index contributed by atoms with van der Waals surface area (Å²) in [4.78, 5) is 0. The van der Waals surface area contributed by atoms with Crippen LogP contribution in [0.5, 0.6) is 0 Å². The highest BCUT2D eigenvalue weighted by molar-refractivity contribution is 9.10. The first-order valence-electron chi connectivity index (χ1n) is 6.15. The van der Waals surface area contributed by atoms with Crippen molar-refractivity contribution in [3.8, 4) is 0 Å². The second kappa shape index (κ2) is 6.41. The number of rotatable bonds is 4. The lowest BCUT2D eigenvalue weighted by Gasteiger charge is -2.22. The molecule has 1 aromatic rings. The molecule has 1 radical (unpaired) electrons. The van der Waals surface area contributed by atoms with E-state index >= 15 is 0 Å². The van der Waals surface area contributed by atoms with Gasteiger partial charge in [-0.15, -0.1) is 0 Å². The zero-order valence-electron chi connectivity index (χ0n) is 9.58. The van der Waals surface area contributed by atoms with E-state index in [1.54, 1.807) is 0 Å². The highest BCUT2D eigenvalue weighted by Crippen LogP contribution is 2.23. The van der Waals surface area contributed by atoms with Crippen LogP contribution in [0, 0.1) is 12.3 Å². The number of nitrogens with one attached hydrogen (secondary N) is 1. The van der Waals surface area contributed by atoms with Crippen LogP contribution in [0.25, 0.3) is 0 Å². The first-order valence-corrected chi connectivity index (χ1v) is 6.94. The Labute approximate surface area is 107 Å². The van der Waals surface area contributed by atoms with Crippen LogP contribution in [-0.2, 0) is 0 Å². The zero-order valence-corrected chi connectivity index (χ0v) is 11.2. The summed E-state index contributed by atoms with van der Waals surface area (Å²) in [7, 11) is 0. The highest BCUT2D eigenvalue weighted by atomic mass is 79.9. The normalized spacial score (nSPS) is 17.6. The summed E-state index contributed by atoms with van der Waals surface area (Å²) in [5, 5.41) is 3.41. The molecule has 0 atom stereocenters. The van der Waals surface area contributed by atoms with Gasteiger partial charge in [-0.05, 0) is 62.7 Å². The Morgan fingerprint density at radius 2 is 2.00 bits per heavy atom. The van der Waals surface area contributed by atoms with Gasteiger partial charge in [0.2, 0.25) is 0 Å². The van der Waals surface area contributed by atoms with Crippen molar-refractivity contribution in [2.45, 2.75) is 25.7 Å². The zero-order chi connectivity index (χ0) is 11.2. The smallest absolute Gasteiger partial charge is 0.0210 e. The van der Waals surface area contributed by atoms with Crippen molar-refractivity contribution >= 4 is 15.9 Å². The molecule has 87 valence electrons. The summed E-state index contributed by atoms with van der Waals surface area (Å²) in [5.41, 5.74) is 1.33. The number of benzene rings is 1. The molecule has 0 saturated carbocycles. The Morgan fingerprint density at radius 1 is 1.25 bits per heavy atom. The molecule has 0 aromatic heterocycles. The van der Waals surface area contributed by atoms with Crippen LogP contribution >= 0.6 is 15.9 Å². The lowest BCUT2D eigenvalue weighted by atomic mass is 9.92. The van der Waals surface area contributed by atoms with Gasteiger partial charge in [-0.25, -0.2) is 0 Å². The van der Waals surface area contributed by atoms with E-state index < -0.39 is 0 Å². The van der Waals surface area contributed by atoms with E-state index in [1.807, 2.05) is 0 Å². The lowest BCUT2D eigenvalue weighted by Crippen LogP contribution is -2.27. The Morgan fingerprint density at radius 3 is 2.75 bits per heavy atom. The fourth-order valence-electron chi connectivity index (χ4n) is 2.29. The second-order valence-electron chi connectivity index (χ2n) is 4.50. The van der Waals surface area contributed by atoms with Crippen LogP contribution < -0.4 is 5.32 Å². The third-order valence-corrected chi connectivity index (χ3v) is 4.03. The van der Waals surface area contributed by atoms with Crippen molar-refractivity contribution in [2.24, 2.45) is 5.92 Å². The first kappa shape index (κ1) is 12.1. The minimum absolute atomic E-state index is 0.931. The van der Waals surface area contributed by atoms with Gasteiger partial charge in [0.15, 0.2) is 0 Å². The third kappa shape index (κ3) is 3.60. The predicted octanol–water partition coefficient (Wildman–Crippen LogP) is 3.78. The molecular weight excluding hydrogens is 262 g/mol. The molecule has 1 N–H and O–H groups in total. The molecule has 0 unspecified atom stereocenters. The molecule has 1 heterocycles. The fraction of sp³-hybridized carbons (Fsp3) is 0.500.